The molecule has 0 radical (unpaired) electrons. The van der Waals surface area contributed by atoms with E-state index in [9.17, 15) is 14.4 Å². The number of unbranched alkanes of at least 4 members (excludes halogenated alkanes) is 15. The standard InChI is InChI=1S/C46H66N4O6/c1-3-4-5-6-7-8-9-10-11-12-13-14-15-16-17-24-32-48-45(52)55-36-40-33-41(49(40)34-38-26-19-18-20-27-38)37-56-46(53)50(35-39-28-23-25-31-47-39)44(51)42-29-21-22-30-43(42)54-2/h18-23,25-31,40-41H,3-17,24,32-37H2,1-2H3,(H,48,52). The number of imide groups is 1. The molecule has 0 spiro atoms. The summed E-state index contributed by atoms with van der Waals surface area (Å²) in [4.78, 5) is 47.4. The number of benzene rings is 2. The summed E-state index contributed by atoms with van der Waals surface area (Å²) in [6.07, 6.45) is 22.1. The van der Waals surface area contributed by atoms with Crippen LogP contribution < -0.4 is 10.1 Å². The Balaban J connectivity index is 1.15. The van der Waals surface area contributed by atoms with Crippen LogP contribution >= 0.6 is 0 Å². The minimum atomic E-state index is -0.764. The number of hydrogen-bond acceptors (Lipinski definition) is 8. The number of carbonyl (C=O) groups is 3. The number of rotatable bonds is 27. The highest BCUT2D eigenvalue weighted by atomic mass is 16.6. The molecule has 1 aliphatic heterocycles. The number of para-hydroxylation sites is 1. The van der Waals surface area contributed by atoms with Crippen LogP contribution in [0.1, 0.15) is 138 Å². The number of ether oxygens (including phenoxy) is 3. The molecule has 2 atom stereocenters. The van der Waals surface area contributed by atoms with E-state index in [1.54, 1.807) is 48.7 Å². The molecule has 56 heavy (non-hydrogen) atoms. The van der Waals surface area contributed by atoms with Gasteiger partial charge in [0, 0.05) is 31.4 Å². The molecule has 1 aliphatic rings. The lowest BCUT2D eigenvalue weighted by molar-refractivity contribution is -0.0553. The van der Waals surface area contributed by atoms with E-state index in [0.717, 1.165) is 23.3 Å². The molecular formula is C46H66N4O6. The zero-order valence-corrected chi connectivity index (χ0v) is 34.0. The van der Waals surface area contributed by atoms with Crippen molar-refractivity contribution in [3.63, 3.8) is 0 Å². The summed E-state index contributed by atoms with van der Waals surface area (Å²) in [5, 5.41) is 2.92. The Bertz CT molecular complexity index is 1540. The molecule has 0 aliphatic carbocycles. The molecule has 1 saturated heterocycles. The summed E-state index contributed by atoms with van der Waals surface area (Å²) in [7, 11) is 1.48. The predicted molar refractivity (Wildman–Crippen MR) is 222 cm³/mol. The Morgan fingerprint density at radius 3 is 1.89 bits per heavy atom. The second-order valence-electron chi connectivity index (χ2n) is 15.0. The van der Waals surface area contributed by atoms with Crippen molar-refractivity contribution in [1.82, 2.24) is 20.1 Å². The number of alkyl carbamates (subject to hydrolysis) is 1. The Labute approximate surface area is 335 Å². The number of carbonyl (C=O) groups excluding carboxylic acids is 3. The maximum absolute atomic E-state index is 13.7. The Hall–Kier alpha value is -4.44. The van der Waals surface area contributed by atoms with Crippen LogP contribution in [0, 0.1) is 0 Å². The zero-order valence-electron chi connectivity index (χ0n) is 34.0. The molecule has 2 aromatic carbocycles. The van der Waals surface area contributed by atoms with Gasteiger partial charge >= 0.3 is 12.2 Å². The Kier molecular flexibility index (Phi) is 20.9. The van der Waals surface area contributed by atoms with Crippen LogP contribution in [0.15, 0.2) is 79.0 Å². The van der Waals surface area contributed by atoms with Crippen LogP contribution in [0.4, 0.5) is 9.59 Å². The second kappa shape index (κ2) is 26.4. The molecular weight excluding hydrogens is 705 g/mol. The molecule has 306 valence electrons. The molecule has 10 heteroatoms. The average Bonchev–Trinajstić information content (AvgIpc) is 3.22. The van der Waals surface area contributed by atoms with Gasteiger partial charge in [-0.3, -0.25) is 14.7 Å². The summed E-state index contributed by atoms with van der Waals surface area (Å²) < 4.78 is 16.9. The number of nitrogens with zero attached hydrogens (tertiary/aromatic N) is 3. The minimum absolute atomic E-state index is 0.0277. The Morgan fingerprint density at radius 1 is 0.714 bits per heavy atom. The average molecular weight is 771 g/mol. The van der Waals surface area contributed by atoms with Gasteiger partial charge < -0.3 is 19.5 Å². The predicted octanol–water partition coefficient (Wildman–Crippen LogP) is 10.5. The zero-order chi connectivity index (χ0) is 39.6. The molecule has 0 bridgehead atoms. The van der Waals surface area contributed by atoms with Crippen molar-refractivity contribution in [3.8, 4) is 5.75 Å². The number of hydrogen-bond donors (Lipinski definition) is 1. The van der Waals surface area contributed by atoms with Crippen molar-refractivity contribution in [2.75, 3.05) is 26.9 Å². The molecule has 3 amide bonds. The topological polar surface area (TPSA) is 110 Å². The van der Waals surface area contributed by atoms with Gasteiger partial charge in [-0.1, -0.05) is 152 Å². The van der Waals surface area contributed by atoms with Crippen LogP contribution in [-0.2, 0) is 22.6 Å². The highest BCUT2D eigenvalue weighted by molar-refractivity contribution is 6.04. The highest BCUT2D eigenvalue weighted by Gasteiger charge is 2.40. The first kappa shape index (κ1) is 44.3. The molecule has 1 N–H and O–H groups in total. The van der Waals surface area contributed by atoms with Crippen LogP contribution in [0.25, 0.3) is 0 Å². The van der Waals surface area contributed by atoms with Crippen molar-refractivity contribution in [2.45, 2.75) is 141 Å². The highest BCUT2D eigenvalue weighted by Crippen LogP contribution is 2.29. The van der Waals surface area contributed by atoms with Gasteiger partial charge in [0.1, 0.15) is 19.0 Å². The van der Waals surface area contributed by atoms with Crippen molar-refractivity contribution < 1.29 is 28.6 Å². The molecule has 10 nitrogen and oxygen atoms in total. The number of methoxy groups -OCH3 is 1. The fourth-order valence-corrected chi connectivity index (χ4v) is 7.30. The number of likely N-dealkylation sites (tertiary alicyclic amines) is 1. The summed E-state index contributed by atoms with van der Waals surface area (Å²) >= 11 is 0. The van der Waals surface area contributed by atoms with Gasteiger partial charge in [0.05, 0.1) is 24.9 Å². The van der Waals surface area contributed by atoms with Gasteiger partial charge in [0.25, 0.3) is 5.91 Å². The van der Waals surface area contributed by atoms with E-state index < -0.39 is 18.1 Å². The van der Waals surface area contributed by atoms with E-state index in [1.165, 1.54) is 97.0 Å². The Morgan fingerprint density at radius 2 is 1.29 bits per heavy atom. The van der Waals surface area contributed by atoms with Gasteiger partial charge in [0.2, 0.25) is 0 Å². The van der Waals surface area contributed by atoms with E-state index in [4.69, 9.17) is 14.2 Å². The fraction of sp³-hybridized carbons (Fsp3) is 0.565. The maximum Gasteiger partial charge on any atom is 0.417 e. The van der Waals surface area contributed by atoms with Crippen molar-refractivity contribution in [1.29, 1.82) is 0 Å². The number of pyridine rings is 1. The third-order valence-corrected chi connectivity index (χ3v) is 10.6. The van der Waals surface area contributed by atoms with Gasteiger partial charge in [-0.15, -0.1) is 0 Å². The third kappa shape index (κ3) is 16.0. The normalized spacial score (nSPS) is 15.1. The lowest BCUT2D eigenvalue weighted by Crippen LogP contribution is -2.59. The smallest absolute Gasteiger partial charge is 0.417 e. The lowest BCUT2D eigenvalue weighted by atomic mass is 9.93. The van der Waals surface area contributed by atoms with E-state index in [1.807, 2.05) is 30.3 Å². The maximum atomic E-state index is 13.7. The molecule has 2 unspecified atom stereocenters. The van der Waals surface area contributed by atoms with Crippen LogP contribution in [0.5, 0.6) is 5.75 Å². The van der Waals surface area contributed by atoms with E-state index in [2.05, 4.69) is 22.1 Å². The van der Waals surface area contributed by atoms with E-state index >= 15 is 0 Å². The summed E-state index contributed by atoms with van der Waals surface area (Å²) in [5.41, 5.74) is 1.90. The van der Waals surface area contributed by atoms with Crippen molar-refractivity contribution in [3.05, 3.63) is 95.8 Å². The van der Waals surface area contributed by atoms with Gasteiger partial charge in [-0.25, -0.2) is 14.5 Å². The van der Waals surface area contributed by atoms with Crippen molar-refractivity contribution >= 4 is 18.1 Å². The number of nitrogens with one attached hydrogen (secondary N) is 1. The SMILES string of the molecule is CCCCCCCCCCCCCCCCCCNC(=O)OCC1CC(COC(=O)N(Cc2ccccn2)C(=O)c2ccccc2OC)N1Cc1ccccc1. The summed E-state index contributed by atoms with van der Waals surface area (Å²) in [5.74, 6) is -0.175. The molecule has 1 aromatic heterocycles. The molecule has 3 aromatic rings. The van der Waals surface area contributed by atoms with E-state index in [-0.39, 0.29) is 37.4 Å². The van der Waals surface area contributed by atoms with Crippen molar-refractivity contribution in [2.24, 2.45) is 0 Å². The summed E-state index contributed by atoms with van der Waals surface area (Å²) in [6, 6.07) is 22.0. The molecule has 0 saturated carbocycles. The minimum Gasteiger partial charge on any atom is -0.496 e. The third-order valence-electron chi connectivity index (χ3n) is 10.6. The van der Waals surface area contributed by atoms with Crippen LogP contribution in [0.2, 0.25) is 0 Å². The molecule has 1 fully saturated rings. The van der Waals surface area contributed by atoms with Crippen LogP contribution in [-0.4, -0.2) is 71.8 Å². The summed E-state index contributed by atoms with van der Waals surface area (Å²) in [6.45, 7) is 3.74. The number of aromatic nitrogens is 1. The lowest BCUT2D eigenvalue weighted by Gasteiger charge is -2.48. The fourth-order valence-electron chi connectivity index (χ4n) is 7.30. The second-order valence-corrected chi connectivity index (χ2v) is 15.0. The van der Waals surface area contributed by atoms with Gasteiger partial charge in [-0.2, -0.15) is 0 Å². The molecule has 4 rings (SSSR count). The van der Waals surface area contributed by atoms with Gasteiger partial charge in [-0.05, 0) is 42.7 Å². The quantitative estimate of drug-likeness (QED) is 0.0763. The first-order chi connectivity index (χ1) is 27.5. The largest absolute Gasteiger partial charge is 0.496 e. The van der Waals surface area contributed by atoms with E-state index in [0.29, 0.717) is 31.0 Å². The first-order valence-electron chi connectivity index (χ1n) is 21.2. The van der Waals surface area contributed by atoms with Crippen LogP contribution in [0.3, 0.4) is 0 Å². The molecule has 2 heterocycles. The number of amides is 3. The monoisotopic (exact) mass is 770 g/mol. The van der Waals surface area contributed by atoms with Gasteiger partial charge in [0.15, 0.2) is 0 Å². The first-order valence-corrected chi connectivity index (χ1v) is 21.2.